The molecule has 0 unspecified atom stereocenters. The van der Waals surface area contributed by atoms with Crippen LogP contribution in [0.3, 0.4) is 0 Å². The maximum absolute atomic E-state index is 11.5. The first-order valence-corrected chi connectivity index (χ1v) is 12.4. The van der Waals surface area contributed by atoms with E-state index in [0.29, 0.717) is 6.42 Å². The number of hydrogen-bond acceptors (Lipinski definition) is 5. The SMILES string of the molecule is COC(=O)CCCCCCCC/C=C/[C@H](C)N(C=O)[C@H](S)c1ccccc1.COC(C)(C)C. The lowest BCUT2D eigenvalue weighted by Gasteiger charge is -2.29. The number of carbonyl (C=O) groups excluding carboxylic acids is 2. The minimum Gasteiger partial charge on any atom is -0.469 e. The zero-order valence-electron chi connectivity index (χ0n) is 21.5. The lowest BCUT2D eigenvalue weighted by molar-refractivity contribution is -0.140. The Morgan fingerprint density at radius 3 is 2.09 bits per heavy atom. The van der Waals surface area contributed by atoms with Crippen LogP contribution >= 0.6 is 12.6 Å². The van der Waals surface area contributed by atoms with Crippen molar-refractivity contribution in [3.05, 3.63) is 48.0 Å². The number of thiol groups is 1. The van der Waals surface area contributed by atoms with Crippen molar-refractivity contribution in [2.75, 3.05) is 14.2 Å². The van der Waals surface area contributed by atoms with E-state index in [1.165, 1.54) is 20.0 Å². The van der Waals surface area contributed by atoms with Gasteiger partial charge in [0.05, 0.1) is 12.7 Å². The Hall–Kier alpha value is -1.79. The van der Waals surface area contributed by atoms with Crippen molar-refractivity contribution >= 4 is 25.0 Å². The van der Waals surface area contributed by atoms with Gasteiger partial charge in [0.25, 0.3) is 0 Å². The number of esters is 1. The fraction of sp³-hybridized carbons (Fsp3) is 0.630. The van der Waals surface area contributed by atoms with E-state index in [-0.39, 0.29) is 23.0 Å². The molecule has 0 aliphatic heterocycles. The summed E-state index contributed by atoms with van der Waals surface area (Å²) in [5, 5.41) is -0.242. The molecule has 1 aromatic carbocycles. The Bertz CT molecular complexity index is 658. The molecule has 0 saturated heterocycles. The average Bonchev–Trinajstić information content (AvgIpc) is 2.80. The minimum atomic E-state index is -0.242. The lowest BCUT2D eigenvalue weighted by Crippen LogP contribution is -2.31. The van der Waals surface area contributed by atoms with Crippen LogP contribution in [0.1, 0.15) is 90.0 Å². The highest BCUT2D eigenvalue weighted by molar-refractivity contribution is 7.80. The number of carbonyl (C=O) groups is 2. The topological polar surface area (TPSA) is 55.8 Å². The van der Waals surface area contributed by atoms with Gasteiger partial charge in [-0.3, -0.25) is 9.59 Å². The van der Waals surface area contributed by atoms with Crippen LogP contribution in [0.25, 0.3) is 0 Å². The number of ether oxygens (including phenoxy) is 2. The normalized spacial score (nSPS) is 13.1. The van der Waals surface area contributed by atoms with Gasteiger partial charge >= 0.3 is 5.97 Å². The molecule has 0 fully saturated rings. The molecule has 0 saturated carbocycles. The van der Waals surface area contributed by atoms with Crippen LogP contribution in [-0.2, 0) is 19.1 Å². The van der Waals surface area contributed by atoms with Crippen molar-refractivity contribution in [1.82, 2.24) is 4.90 Å². The molecule has 1 amide bonds. The van der Waals surface area contributed by atoms with Crippen LogP contribution in [0, 0.1) is 0 Å². The standard InChI is InChI=1S/C22H33NO3S.C5H12O/c1-19(23(18-24)22(27)20-15-11-9-12-16-20)14-10-7-5-3-4-6-8-13-17-21(25)26-2;1-5(2,3)6-4/h9-12,14-16,18-19,22,27H,3-8,13,17H2,1-2H3;1-4H3/b14-10+;/t19-,22+;/m0./s1. The molecule has 2 atom stereocenters. The summed E-state index contributed by atoms with van der Waals surface area (Å²) in [7, 11) is 3.14. The minimum absolute atomic E-state index is 0.00327. The lowest BCUT2D eigenvalue weighted by atomic mass is 10.1. The molecule has 0 aliphatic rings. The van der Waals surface area contributed by atoms with Gasteiger partial charge < -0.3 is 14.4 Å². The molecule has 5 nitrogen and oxygen atoms in total. The number of unbranched alkanes of at least 4 members (excludes halogenated alkanes) is 6. The van der Waals surface area contributed by atoms with E-state index in [4.69, 9.17) is 4.74 Å². The largest absolute Gasteiger partial charge is 0.469 e. The number of methoxy groups -OCH3 is 2. The van der Waals surface area contributed by atoms with Gasteiger partial charge in [-0.25, -0.2) is 0 Å². The zero-order valence-corrected chi connectivity index (χ0v) is 22.4. The fourth-order valence-corrected chi connectivity index (χ4v) is 3.34. The van der Waals surface area contributed by atoms with Crippen molar-refractivity contribution in [3.63, 3.8) is 0 Å². The smallest absolute Gasteiger partial charge is 0.305 e. The summed E-state index contributed by atoms with van der Waals surface area (Å²) in [5.74, 6) is -0.116. The van der Waals surface area contributed by atoms with Gasteiger partial charge in [-0.15, -0.1) is 12.6 Å². The van der Waals surface area contributed by atoms with E-state index in [1.807, 2.05) is 58.0 Å². The third-order valence-corrected chi connectivity index (χ3v) is 5.79. The highest BCUT2D eigenvalue weighted by atomic mass is 32.1. The third kappa shape index (κ3) is 16.5. The fourth-order valence-electron chi connectivity index (χ4n) is 2.91. The third-order valence-electron chi connectivity index (χ3n) is 5.23. The Kier molecular flexibility index (Phi) is 17.6. The molecule has 0 radical (unpaired) electrons. The van der Waals surface area contributed by atoms with E-state index < -0.39 is 0 Å². The molecule has 0 aromatic heterocycles. The average molecular weight is 480 g/mol. The summed E-state index contributed by atoms with van der Waals surface area (Å²) in [6.07, 6.45) is 13.3. The Morgan fingerprint density at radius 2 is 1.58 bits per heavy atom. The van der Waals surface area contributed by atoms with Crippen molar-refractivity contribution in [2.24, 2.45) is 0 Å². The quantitative estimate of drug-likeness (QED) is 0.0801. The monoisotopic (exact) mass is 479 g/mol. The van der Waals surface area contributed by atoms with Crippen LogP contribution in [0.2, 0.25) is 0 Å². The van der Waals surface area contributed by atoms with E-state index in [1.54, 1.807) is 12.0 Å². The molecule has 0 aliphatic carbocycles. The second-order valence-corrected chi connectivity index (χ2v) is 9.55. The maximum Gasteiger partial charge on any atom is 0.305 e. The predicted octanol–water partition coefficient (Wildman–Crippen LogP) is 6.74. The molecule has 0 heterocycles. The van der Waals surface area contributed by atoms with Crippen LogP contribution in [0.15, 0.2) is 42.5 Å². The van der Waals surface area contributed by atoms with Gasteiger partial charge in [-0.05, 0) is 52.5 Å². The highest BCUT2D eigenvalue weighted by Gasteiger charge is 2.18. The molecule has 0 spiro atoms. The second-order valence-electron chi connectivity index (χ2n) is 9.06. The van der Waals surface area contributed by atoms with E-state index in [2.05, 4.69) is 29.5 Å². The van der Waals surface area contributed by atoms with Gasteiger partial charge in [-0.1, -0.05) is 68.2 Å². The summed E-state index contributed by atoms with van der Waals surface area (Å²) >= 11 is 4.60. The molecular weight excluding hydrogens is 434 g/mol. The number of amides is 1. The summed E-state index contributed by atoms with van der Waals surface area (Å²) in [6.45, 7) is 8.07. The van der Waals surface area contributed by atoms with Gasteiger partial charge in [0.2, 0.25) is 6.41 Å². The number of rotatable bonds is 14. The molecule has 33 heavy (non-hydrogen) atoms. The molecule has 0 bridgehead atoms. The van der Waals surface area contributed by atoms with Gasteiger partial charge in [0.15, 0.2) is 0 Å². The number of allylic oxidation sites excluding steroid dienone is 1. The first kappa shape index (κ1) is 31.2. The Morgan fingerprint density at radius 1 is 1.03 bits per heavy atom. The van der Waals surface area contributed by atoms with Crippen LogP contribution in [-0.4, -0.2) is 43.1 Å². The van der Waals surface area contributed by atoms with E-state index >= 15 is 0 Å². The highest BCUT2D eigenvalue weighted by Crippen LogP contribution is 2.25. The summed E-state index contributed by atoms with van der Waals surface area (Å²) < 4.78 is 9.57. The molecule has 1 aromatic rings. The number of hydrogen-bond donors (Lipinski definition) is 1. The summed E-state index contributed by atoms with van der Waals surface area (Å²) in [5.41, 5.74) is 1.06. The number of nitrogens with zero attached hydrogens (tertiary/aromatic N) is 1. The second kappa shape index (κ2) is 18.6. The Balaban J connectivity index is 0.00000150. The molecule has 0 N–H and O–H groups in total. The van der Waals surface area contributed by atoms with Crippen LogP contribution in [0.5, 0.6) is 0 Å². The van der Waals surface area contributed by atoms with Crippen LogP contribution < -0.4 is 0 Å². The van der Waals surface area contributed by atoms with Gasteiger partial charge in [0.1, 0.15) is 5.37 Å². The van der Waals surface area contributed by atoms with Crippen molar-refractivity contribution in [3.8, 4) is 0 Å². The molecule has 1 rings (SSSR count). The van der Waals surface area contributed by atoms with E-state index in [9.17, 15) is 9.59 Å². The predicted molar refractivity (Wildman–Crippen MR) is 140 cm³/mol. The molecule has 188 valence electrons. The number of benzene rings is 1. The van der Waals surface area contributed by atoms with Gasteiger partial charge in [0, 0.05) is 19.6 Å². The van der Waals surface area contributed by atoms with Crippen LogP contribution in [0.4, 0.5) is 0 Å². The summed E-state index contributed by atoms with van der Waals surface area (Å²) in [6, 6.07) is 9.83. The molecule has 6 heteroatoms. The maximum atomic E-state index is 11.5. The van der Waals surface area contributed by atoms with Crippen molar-refractivity contribution < 1.29 is 19.1 Å². The zero-order chi connectivity index (χ0) is 25.1. The summed E-state index contributed by atoms with van der Waals surface area (Å²) in [4.78, 5) is 24.2. The first-order chi connectivity index (χ1) is 15.7. The molecular formula is C27H45NO4S. The Labute approximate surface area is 207 Å². The van der Waals surface area contributed by atoms with Crippen molar-refractivity contribution in [1.29, 1.82) is 0 Å². The van der Waals surface area contributed by atoms with Gasteiger partial charge in [-0.2, -0.15) is 0 Å². The van der Waals surface area contributed by atoms with Crippen molar-refractivity contribution in [2.45, 2.75) is 96.1 Å². The first-order valence-electron chi connectivity index (χ1n) is 11.9. The van der Waals surface area contributed by atoms with E-state index in [0.717, 1.165) is 44.1 Å².